The van der Waals surface area contributed by atoms with E-state index in [4.69, 9.17) is 15.6 Å². The Labute approximate surface area is 123 Å². The van der Waals surface area contributed by atoms with Crippen molar-refractivity contribution in [3.8, 4) is 11.4 Å². The Morgan fingerprint density at radius 3 is 2.62 bits per heavy atom. The number of anilines is 1. The third-order valence-corrected chi connectivity index (χ3v) is 3.01. The fraction of sp³-hybridized carbons (Fsp3) is 0.400. The third kappa shape index (κ3) is 3.33. The molecular formula is C15H20FN3O2. The van der Waals surface area contributed by atoms with Crippen molar-refractivity contribution < 1.29 is 14.2 Å². The quantitative estimate of drug-likeness (QED) is 0.907. The van der Waals surface area contributed by atoms with Gasteiger partial charge in [-0.25, -0.2) is 9.07 Å². The topological polar surface area (TPSA) is 73.3 Å². The highest BCUT2D eigenvalue weighted by Crippen LogP contribution is 2.27. The lowest BCUT2D eigenvalue weighted by Crippen LogP contribution is -2.13. The summed E-state index contributed by atoms with van der Waals surface area (Å²) in [5.41, 5.74) is 6.76. The lowest BCUT2D eigenvalue weighted by atomic mass is 9.92. The van der Waals surface area contributed by atoms with Gasteiger partial charge in [0.15, 0.2) is 0 Å². The molecule has 0 amide bonds. The van der Waals surface area contributed by atoms with E-state index in [1.54, 1.807) is 6.07 Å². The van der Waals surface area contributed by atoms with E-state index in [-0.39, 0.29) is 24.3 Å². The summed E-state index contributed by atoms with van der Waals surface area (Å²) in [6.07, 6.45) is 0. The van der Waals surface area contributed by atoms with Crippen molar-refractivity contribution in [3.05, 3.63) is 35.8 Å². The van der Waals surface area contributed by atoms with E-state index in [9.17, 15) is 4.39 Å². The van der Waals surface area contributed by atoms with Crippen molar-refractivity contribution in [1.82, 2.24) is 9.78 Å². The Morgan fingerprint density at radius 1 is 1.33 bits per heavy atom. The number of ether oxygens (including phenoxy) is 1. The largest absolute Gasteiger partial charge is 0.491 e. The molecule has 1 heterocycles. The van der Waals surface area contributed by atoms with Crippen LogP contribution in [0.5, 0.6) is 5.75 Å². The molecule has 0 atom stereocenters. The Hall–Kier alpha value is -2.08. The normalized spacial score (nSPS) is 11.7. The van der Waals surface area contributed by atoms with Crippen molar-refractivity contribution in [1.29, 1.82) is 0 Å². The van der Waals surface area contributed by atoms with E-state index in [1.807, 2.05) is 20.8 Å². The number of aromatic nitrogens is 2. The predicted molar refractivity (Wildman–Crippen MR) is 79.2 cm³/mol. The number of nitrogens with two attached hydrogens (primary N) is 1. The molecule has 0 unspecified atom stereocenters. The SMILES string of the molecule is CC(C)(C)c1cc(N)n(-c2cc(OCCO)ccc2F)n1. The summed E-state index contributed by atoms with van der Waals surface area (Å²) in [6.45, 7) is 6.07. The lowest BCUT2D eigenvalue weighted by molar-refractivity contribution is 0.201. The van der Waals surface area contributed by atoms with Gasteiger partial charge in [0.2, 0.25) is 0 Å². The summed E-state index contributed by atoms with van der Waals surface area (Å²) < 4.78 is 20.7. The Bertz CT molecular complexity index is 632. The number of nitrogen functional groups attached to an aromatic ring is 1. The molecule has 0 aliphatic rings. The smallest absolute Gasteiger partial charge is 0.149 e. The van der Waals surface area contributed by atoms with Gasteiger partial charge >= 0.3 is 0 Å². The number of rotatable bonds is 4. The molecule has 0 fully saturated rings. The van der Waals surface area contributed by atoms with Crippen LogP contribution < -0.4 is 10.5 Å². The number of aliphatic hydroxyl groups is 1. The van der Waals surface area contributed by atoms with Gasteiger partial charge < -0.3 is 15.6 Å². The Balaban J connectivity index is 2.43. The van der Waals surface area contributed by atoms with Crippen LogP contribution in [0.4, 0.5) is 10.2 Å². The minimum Gasteiger partial charge on any atom is -0.491 e. The second kappa shape index (κ2) is 5.73. The van der Waals surface area contributed by atoms with Crippen LogP contribution in [0.3, 0.4) is 0 Å². The molecule has 1 aromatic heterocycles. The number of halogens is 1. The zero-order valence-electron chi connectivity index (χ0n) is 12.4. The van der Waals surface area contributed by atoms with Gasteiger partial charge in [-0.1, -0.05) is 20.8 Å². The van der Waals surface area contributed by atoms with Crippen molar-refractivity contribution in [2.45, 2.75) is 26.2 Å². The molecule has 2 rings (SSSR count). The van der Waals surface area contributed by atoms with Gasteiger partial charge in [-0.3, -0.25) is 0 Å². The number of benzene rings is 1. The Kier molecular flexibility index (Phi) is 4.18. The highest BCUT2D eigenvalue weighted by atomic mass is 19.1. The monoisotopic (exact) mass is 293 g/mol. The van der Waals surface area contributed by atoms with Crippen molar-refractivity contribution in [3.63, 3.8) is 0 Å². The first-order chi connectivity index (χ1) is 9.82. The van der Waals surface area contributed by atoms with Gasteiger partial charge in [0, 0.05) is 17.5 Å². The fourth-order valence-corrected chi connectivity index (χ4v) is 1.86. The van der Waals surface area contributed by atoms with Crippen LogP contribution in [0.2, 0.25) is 0 Å². The first-order valence-corrected chi connectivity index (χ1v) is 6.72. The molecule has 114 valence electrons. The molecule has 3 N–H and O–H groups in total. The number of nitrogens with zero attached hydrogens (tertiary/aromatic N) is 2. The summed E-state index contributed by atoms with van der Waals surface area (Å²) in [5.74, 6) is 0.368. The molecule has 21 heavy (non-hydrogen) atoms. The van der Waals surface area contributed by atoms with Crippen molar-refractivity contribution in [2.75, 3.05) is 18.9 Å². The lowest BCUT2D eigenvalue weighted by Gasteiger charge is -2.14. The second-order valence-electron chi connectivity index (χ2n) is 5.80. The minimum atomic E-state index is -0.443. The van der Waals surface area contributed by atoms with Crippen LogP contribution in [0, 0.1) is 5.82 Å². The van der Waals surface area contributed by atoms with Gasteiger partial charge in [-0.05, 0) is 12.1 Å². The van der Waals surface area contributed by atoms with Crippen molar-refractivity contribution >= 4 is 5.82 Å². The fourth-order valence-electron chi connectivity index (χ4n) is 1.86. The zero-order chi connectivity index (χ0) is 15.6. The number of hydrogen-bond donors (Lipinski definition) is 2. The highest BCUT2D eigenvalue weighted by Gasteiger charge is 2.20. The van der Waals surface area contributed by atoms with Crippen LogP contribution in [-0.2, 0) is 5.41 Å². The maximum Gasteiger partial charge on any atom is 0.149 e. The summed E-state index contributed by atoms with van der Waals surface area (Å²) >= 11 is 0. The van der Waals surface area contributed by atoms with E-state index in [1.165, 1.54) is 22.9 Å². The predicted octanol–water partition coefficient (Wildman–Crippen LogP) is 2.26. The maximum atomic E-state index is 14.0. The van der Waals surface area contributed by atoms with Gasteiger partial charge in [-0.15, -0.1) is 0 Å². The van der Waals surface area contributed by atoms with E-state index < -0.39 is 5.82 Å². The Morgan fingerprint density at radius 2 is 2.05 bits per heavy atom. The average Bonchev–Trinajstić information content (AvgIpc) is 2.80. The molecule has 1 aromatic carbocycles. The number of aliphatic hydroxyl groups excluding tert-OH is 1. The third-order valence-electron chi connectivity index (χ3n) is 3.01. The van der Waals surface area contributed by atoms with Gasteiger partial charge in [0.1, 0.15) is 29.7 Å². The van der Waals surface area contributed by atoms with Crippen LogP contribution >= 0.6 is 0 Å². The molecule has 0 spiro atoms. The molecule has 0 aliphatic heterocycles. The molecule has 0 radical (unpaired) electrons. The maximum absolute atomic E-state index is 14.0. The van der Waals surface area contributed by atoms with E-state index >= 15 is 0 Å². The minimum absolute atomic E-state index is 0.106. The summed E-state index contributed by atoms with van der Waals surface area (Å²) in [7, 11) is 0. The summed E-state index contributed by atoms with van der Waals surface area (Å²) in [5, 5.41) is 13.1. The number of hydrogen-bond acceptors (Lipinski definition) is 4. The van der Waals surface area contributed by atoms with Gasteiger partial charge in [0.05, 0.1) is 12.3 Å². The molecule has 0 saturated heterocycles. The first-order valence-electron chi connectivity index (χ1n) is 6.72. The summed E-state index contributed by atoms with van der Waals surface area (Å²) in [6, 6.07) is 6.04. The van der Waals surface area contributed by atoms with Crippen LogP contribution in [0.15, 0.2) is 24.3 Å². The molecule has 5 nitrogen and oxygen atoms in total. The second-order valence-corrected chi connectivity index (χ2v) is 5.80. The van der Waals surface area contributed by atoms with Crippen molar-refractivity contribution in [2.24, 2.45) is 0 Å². The summed E-state index contributed by atoms with van der Waals surface area (Å²) in [4.78, 5) is 0. The molecule has 6 heteroatoms. The average molecular weight is 293 g/mol. The van der Waals surface area contributed by atoms with Gasteiger partial charge in [-0.2, -0.15) is 5.10 Å². The molecule has 2 aromatic rings. The van der Waals surface area contributed by atoms with Gasteiger partial charge in [0.25, 0.3) is 0 Å². The van der Waals surface area contributed by atoms with E-state index in [0.29, 0.717) is 11.6 Å². The molecule has 0 saturated carbocycles. The first kappa shape index (κ1) is 15.3. The molecular weight excluding hydrogens is 273 g/mol. The zero-order valence-corrected chi connectivity index (χ0v) is 12.4. The highest BCUT2D eigenvalue weighted by molar-refractivity contribution is 5.47. The van der Waals surface area contributed by atoms with Crippen LogP contribution in [-0.4, -0.2) is 28.1 Å². The standard InChI is InChI=1S/C15H20FN3O2/c1-15(2,3)13-9-14(17)19(18-13)12-8-10(21-7-6-20)4-5-11(12)16/h4-5,8-9,20H,6-7,17H2,1-3H3. The van der Waals surface area contributed by atoms with Crippen LogP contribution in [0.25, 0.3) is 5.69 Å². The molecule has 0 bridgehead atoms. The van der Waals surface area contributed by atoms with E-state index in [0.717, 1.165) is 5.69 Å². The molecule has 0 aliphatic carbocycles. The van der Waals surface area contributed by atoms with Crippen LogP contribution in [0.1, 0.15) is 26.5 Å². The van der Waals surface area contributed by atoms with E-state index in [2.05, 4.69) is 5.10 Å².